The van der Waals surface area contributed by atoms with E-state index >= 15 is 0 Å². The van der Waals surface area contributed by atoms with Gasteiger partial charge in [-0.25, -0.2) is 19.6 Å². The molecule has 16 heteroatoms. The van der Waals surface area contributed by atoms with Gasteiger partial charge in [-0.15, -0.1) is 0 Å². The zero-order valence-corrected chi connectivity index (χ0v) is 33.5. The highest BCUT2D eigenvalue weighted by molar-refractivity contribution is 5.87. The number of hydrogen-bond donors (Lipinski definition) is 4. The minimum atomic E-state index is -1.17. The van der Waals surface area contributed by atoms with E-state index in [1.807, 2.05) is 42.5 Å². The molecule has 2 aliphatic rings. The first-order valence-electron chi connectivity index (χ1n) is 19.7. The molecule has 0 radical (unpaired) electrons. The third kappa shape index (κ3) is 8.82. The number of amides is 4. The lowest BCUT2D eigenvalue weighted by Gasteiger charge is -2.31. The Morgan fingerprint density at radius 1 is 0.814 bits per heavy atom. The molecule has 16 nitrogen and oxygen atoms in total. The Kier molecular flexibility index (Phi) is 12.4. The van der Waals surface area contributed by atoms with Crippen molar-refractivity contribution in [2.45, 2.75) is 69.3 Å². The summed E-state index contributed by atoms with van der Waals surface area (Å²) in [6.45, 7) is 2.78. The van der Waals surface area contributed by atoms with Crippen molar-refractivity contribution in [1.29, 1.82) is 0 Å². The van der Waals surface area contributed by atoms with E-state index in [0.29, 0.717) is 31.2 Å². The van der Waals surface area contributed by atoms with E-state index in [4.69, 9.17) is 9.47 Å². The standard InChI is InChI=1S/C43H49N9O7/c1-26(58-3)37(49-42(55)59-4)41(54)52-21-7-10-35(52)39-46-25-33(48-39)31-17-13-29(14-18-31)28-11-15-30(16-12-28)32-24-45-38(47-32)34-9-6-20-51(34)40(53)36(50(2)43(56)57)22-27-8-5-19-44-23-27/h5,8,11-19,23-26,34-37H,6-7,9-10,20-22H2,1-4H3,(H,45,47)(H,46,48)(H,49,55)(H,56,57)/t26-,34+,35?,36+,37+/m1/s1. The molecule has 4 amide bonds. The zero-order chi connectivity index (χ0) is 41.6. The summed E-state index contributed by atoms with van der Waals surface area (Å²) >= 11 is 0. The first-order valence-corrected chi connectivity index (χ1v) is 19.7. The fourth-order valence-electron chi connectivity index (χ4n) is 7.96. The van der Waals surface area contributed by atoms with Crippen molar-refractivity contribution in [2.75, 3.05) is 34.4 Å². The number of ether oxygens (including phenoxy) is 2. The van der Waals surface area contributed by atoms with Crippen molar-refractivity contribution in [3.63, 3.8) is 0 Å². The van der Waals surface area contributed by atoms with Gasteiger partial charge in [-0.3, -0.25) is 19.5 Å². The van der Waals surface area contributed by atoms with Gasteiger partial charge in [0, 0.05) is 46.1 Å². The number of hydrogen-bond acceptors (Lipinski definition) is 9. The van der Waals surface area contributed by atoms with E-state index < -0.39 is 30.4 Å². The molecular weight excluding hydrogens is 755 g/mol. The summed E-state index contributed by atoms with van der Waals surface area (Å²) in [6.07, 6.45) is 7.67. The number of aromatic nitrogens is 5. The maximum absolute atomic E-state index is 13.9. The molecule has 2 fully saturated rings. The topological polar surface area (TPSA) is 199 Å². The number of pyridine rings is 1. The summed E-state index contributed by atoms with van der Waals surface area (Å²) in [4.78, 5) is 76.4. The maximum Gasteiger partial charge on any atom is 0.407 e. The van der Waals surface area contributed by atoms with Crippen LogP contribution in [0.5, 0.6) is 0 Å². The predicted molar refractivity (Wildman–Crippen MR) is 218 cm³/mol. The number of imidazole rings is 2. The average molecular weight is 804 g/mol. The van der Waals surface area contributed by atoms with Crippen LogP contribution in [0.2, 0.25) is 0 Å². The molecule has 2 saturated heterocycles. The summed E-state index contributed by atoms with van der Waals surface area (Å²) in [7, 11) is 4.17. The number of likely N-dealkylation sites (tertiary alicyclic amines) is 2. The van der Waals surface area contributed by atoms with Crippen molar-refractivity contribution in [3.8, 4) is 33.6 Å². The third-order valence-electron chi connectivity index (χ3n) is 11.4. The van der Waals surface area contributed by atoms with Crippen molar-refractivity contribution >= 4 is 24.0 Å². The fraction of sp³-hybridized carbons (Fsp3) is 0.372. The lowest BCUT2D eigenvalue weighted by atomic mass is 10.0. The normalized spacial score (nSPS) is 18.0. The quantitative estimate of drug-likeness (QED) is 0.112. The molecule has 308 valence electrons. The Hall–Kier alpha value is -6.55. The maximum atomic E-state index is 13.9. The van der Waals surface area contributed by atoms with Crippen LogP contribution in [0, 0.1) is 0 Å². The number of nitrogens with zero attached hydrogens (tertiary/aromatic N) is 6. The molecular formula is C43H49N9O7. The second kappa shape index (κ2) is 17.9. The number of carbonyl (C=O) groups excluding carboxylic acids is 3. The van der Waals surface area contributed by atoms with Crippen molar-refractivity contribution in [3.05, 3.63) is 103 Å². The second-order valence-corrected chi connectivity index (χ2v) is 14.9. The van der Waals surface area contributed by atoms with Gasteiger partial charge in [-0.2, -0.15) is 0 Å². The van der Waals surface area contributed by atoms with Gasteiger partial charge in [0.15, 0.2) is 0 Å². The van der Waals surface area contributed by atoms with Gasteiger partial charge in [0.2, 0.25) is 11.8 Å². The minimum absolute atomic E-state index is 0.222. The number of H-pyrrole nitrogens is 2. The molecule has 2 aliphatic heterocycles. The molecule has 5 aromatic rings. The highest BCUT2D eigenvalue weighted by atomic mass is 16.5. The van der Waals surface area contributed by atoms with Crippen LogP contribution in [0.1, 0.15) is 61.9 Å². The molecule has 2 aromatic carbocycles. The lowest BCUT2D eigenvalue weighted by Crippen LogP contribution is -2.54. The number of aromatic amines is 2. The van der Waals surface area contributed by atoms with E-state index in [1.165, 1.54) is 21.3 Å². The highest BCUT2D eigenvalue weighted by Gasteiger charge is 2.40. The number of alkyl carbamates (subject to hydrolysis) is 1. The Morgan fingerprint density at radius 3 is 1.81 bits per heavy atom. The monoisotopic (exact) mass is 803 g/mol. The molecule has 0 saturated carbocycles. The summed E-state index contributed by atoms with van der Waals surface area (Å²) in [5, 5.41) is 12.4. The van der Waals surface area contributed by atoms with Gasteiger partial charge >= 0.3 is 12.2 Å². The van der Waals surface area contributed by atoms with Gasteiger partial charge in [0.1, 0.15) is 23.7 Å². The molecule has 0 bridgehead atoms. The summed E-state index contributed by atoms with van der Waals surface area (Å²) in [5.41, 5.74) is 6.36. The Balaban J connectivity index is 1.01. The van der Waals surface area contributed by atoms with Gasteiger partial charge < -0.3 is 39.7 Å². The number of carboxylic acid groups (broad SMARTS) is 1. The summed E-state index contributed by atoms with van der Waals surface area (Å²) < 4.78 is 10.1. The van der Waals surface area contributed by atoms with Crippen molar-refractivity contribution < 1.29 is 33.8 Å². The molecule has 1 unspecified atom stereocenters. The molecule has 59 heavy (non-hydrogen) atoms. The van der Waals surface area contributed by atoms with E-state index in [1.54, 1.807) is 47.6 Å². The van der Waals surface area contributed by atoms with Gasteiger partial charge in [-0.1, -0.05) is 54.6 Å². The minimum Gasteiger partial charge on any atom is -0.465 e. The lowest BCUT2D eigenvalue weighted by molar-refractivity contribution is -0.138. The number of benzene rings is 2. The van der Waals surface area contributed by atoms with E-state index in [0.717, 1.165) is 63.4 Å². The van der Waals surface area contributed by atoms with E-state index in [9.17, 15) is 24.3 Å². The number of nitrogens with one attached hydrogen (secondary N) is 3. The fourth-order valence-corrected chi connectivity index (χ4v) is 7.96. The molecule has 5 heterocycles. The SMILES string of the molecule is COC(=O)N[C@H](C(=O)N1CCCC1c1ncc(-c2ccc(-c3ccc(-c4cnc([C@@H]5CCCN5C(=O)[C@H](Cc5cccnc5)N(C)C(=O)O)[nH]4)cc3)cc2)[nH]1)[C@@H](C)OC. The molecule has 0 spiro atoms. The van der Waals surface area contributed by atoms with Crippen LogP contribution < -0.4 is 5.32 Å². The van der Waals surface area contributed by atoms with E-state index in [2.05, 4.69) is 42.4 Å². The van der Waals surface area contributed by atoms with Crippen LogP contribution in [0.25, 0.3) is 33.6 Å². The van der Waals surface area contributed by atoms with Crippen LogP contribution in [0.3, 0.4) is 0 Å². The smallest absolute Gasteiger partial charge is 0.407 e. The van der Waals surface area contributed by atoms with Crippen LogP contribution in [0.4, 0.5) is 9.59 Å². The van der Waals surface area contributed by atoms with Crippen LogP contribution in [0.15, 0.2) is 85.5 Å². The molecule has 7 rings (SSSR count). The predicted octanol–water partition coefficient (Wildman–Crippen LogP) is 5.84. The molecule has 5 atom stereocenters. The average Bonchev–Trinajstić information content (AvgIpc) is 4.11. The van der Waals surface area contributed by atoms with Crippen molar-refractivity contribution in [1.82, 2.24) is 44.9 Å². The zero-order valence-electron chi connectivity index (χ0n) is 33.5. The molecule has 0 aliphatic carbocycles. The number of likely N-dealkylation sites (N-methyl/N-ethyl adjacent to an activating group) is 1. The number of rotatable bonds is 13. The Morgan fingerprint density at radius 2 is 1.34 bits per heavy atom. The van der Waals surface area contributed by atoms with Crippen LogP contribution in [-0.4, -0.2) is 121 Å². The van der Waals surface area contributed by atoms with Gasteiger partial charge in [0.25, 0.3) is 0 Å². The van der Waals surface area contributed by atoms with E-state index in [-0.39, 0.29) is 30.3 Å². The first-order chi connectivity index (χ1) is 28.6. The summed E-state index contributed by atoms with van der Waals surface area (Å²) in [5.74, 6) is 0.831. The largest absolute Gasteiger partial charge is 0.465 e. The highest BCUT2D eigenvalue weighted by Crippen LogP contribution is 2.35. The van der Waals surface area contributed by atoms with Gasteiger partial charge in [-0.05, 0) is 66.5 Å². The van der Waals surface area contributed by atoms with Gasteiger partial charge in [0.05, 0.1) is 49.1 Å². The second-order valence-electron chi connectivity index (χ2n) is 14.9. The Labute approximate surface area is 342 Å². The summed E-state index contributed by atoms with van der Waals surface area (Å²) in [6, 6.07) is 17.6. The first kappa shape index (κ1) is 40.6. The van der Waals surface area contributed by atoms with Crippen molar-refractivity contribution in [2.24, 2.45) is 0 Å². The van der Waals surface area contributed by atoms with Crippen LogP contribution in [-0.2, 0) is 25.5 Å². The molecule has 4 N–H and O–H groups in total. The number of carbonyl (C=O) groups is 4. The Bertz CT molecular complexity index is 2240. The van der Waals surface area contributed by atoms with Crippen LogP contribution >= 0.6 is 0 Å². The number of methoxy groups -OCH3 is 2. The molecule has 3 aromatic heterocycles. The third-order valence-corrected chi connectivity index (χ3v) is 11.4.